The van der Waals surface area contributed by atoms with Crippen molar-refractivity contribution in [3.8, 4) is 0 Å². The molecule has 0 saturated heterocycles. The van der Waals surface area contributed by atoms with Crippen LogP contribution in [-0.2, 0) is 20.0 Å². The molecular formula is C2H2BrF6NO4S2. The zero-order valence-electron chi connectivity index (χ0n) is 6.63. The van der Waals surface area contributed by atoms with Crippen molar-refractivity contribution in [2.24, 2.45) is 0 Å². The Morgan fingerprint density at radius 2 is 0.875 bits per heavy atom. The van der Waals surface area contributed by atoms with E-state index in [9.17, 15) is 43.2 Å². The Morgan fingerprint density at radius 1 is 0.688 bits per heavy atom. The lowest BCUT2D eigenvalue weighted by Crippen LogP contribution is -2.45. The van der Waals surface area contributed by atoms with Gasteiger partial charge >= 0.3 is 31.1 Å². The molecule has 0 aliphatic carbocycles. The van der Waals surface area contributed by atoms with E-state index in [4.69, 9.17) is 0 Å². The molecule has 1 N–H and O–H groups in total. The monoisotopic (exact) mass is 361 g/mol. The molecule has 0 aromatic carbocycles. The van der Waals surface area contributed by atoms with E-state index in [1.807, 2.05) is 0 Å². The molecule has 100 valence electrons. The van der Waals surface area contributed by atoms with Crippen molar-refractivity contribution in [3.63, 3.8) is 0 Å². The predicted octanol–water partition coefficient (Wildman–Crippen LogP) is 0.853. The third kappa shape index (κ3) is 4.06. The molecule has 14 heteroatoms. The summed E-state index contributed by atoms with van der Waals surface area (Å²) in [5, 5.41) is 0. The minimum absolute atomic E-state index is 0. The number of halogens is 7. The average Bonchev–Trinajstić information content (AvgIpc) is 1.77. The maximum atomic E-state index is 11.5. The summed E-state index contributed by atoms with van der Waals surface area (Å²) in [4.78, 5) is 0. The van der Waals surface area contributed by atoms with Gasteiger partial charge in [-0.3, -0.25) is 0 Å². The Labute approximate surface area is 95.7 Å². The summed E-state index contributed by atoms with van der Waals surface area (Å²) in [6.07, 6.45) is 0. The van der Waals surface area contributed by atoms with Crippen LogP contribution in [0.15, 0.2) is 0 Å². The molecule has 0 unspecified atom stereocenters. The summed E-state index contributed by atoms with van der Waals surface area (Å²) in [7, 11) is -13.2. The summed E-state index contributed by atoms with van der Waals surface area (Å²) in [6, 6.07) is 0. The second-order valence-electron chi connectivity index (χ2n) is 1.98. The first-order valence-electron chi connectivity index (χ1n) is 2.62. The minimum atomic E-state index is -6.60. The second-order valence-corrected chi connectivity index (χ2v) is 5.59. The summed E-state index contributed by atoms with van der Waals surface area (Å²) in [6.45, 7) is 0. The molecule has 0 bridgehead atoms. The van der Waals surface area contributed by atoms with E-state index in [0.29, 0.717) is 0 Å². The molecule has 0 radical (unpaired) electrons. The van der Waals surface area contributed by atoms with Crippen LogP contribution in [0.4, 0.5) is 26.3 Å². The maximum absolute atomic E-state index is 11.5. The first-order valence-corrected chi connectivity index (χ1v) is 5.58. The molecule has 0 aliphatic heterocycles. The molecule has 0 rings (SSSR count). The molecule has 0 heterocycles. The zero-order valence-corrected chi connectivity index (χ0v) is 9.97. The molecule has 0 atom stereocenters. The summed E-state index contributed by atoms with van der Waals surface area (Å²) in [5.74, 6) is 0. The summed E-state index contributed by atoms with van der Waals surface area (Å²) >= 11 is 0. The summed E-state index contributed by atoms with van der Waals surface area (Å²) in [5.41, 5.74) is -12.3. The van der Waals surface area contributed by atoms with E-state index in [2.05, 4.69) is 0 Å². The van der Waals surface area contributed by atoms with Gasteiger partial charge in [-0.25, -0.2) is 16.8 Å². The van der Waals surface area contributed by atoms with E-state index in [1.54, 1.807) is 0 Å². The Kier molecular flexibility index (Phi) is 5.32. The van der Waals surface area contributed by atoms with Gasteiger partial charge in [0.15, 0.2) is 0 Å². The highest BCUT2D eigenvalue weighted by Gasteiger charge is 2.55. The number of alkyl halides is 6. The topological polar surface area (TPSA) is 80.3 Å². The van der Waals surface area contributed by atoms with Gasteiger partial charge in [0.1, 0.15) is 0 Å². The Bertz CT molecular complexity index is 390. The number of sulfonamides is 2. The van der Waals surface area contributed by atoms with Gasteiger partial charge < -0.3 is 0 Å². The van der Waals surface area contributed by atoms with Gasteiger partial charge in [0, 0.05) is 0 Å². The fourth-order valence-corrected chi connectivity index (χ4v) is 2.15. The van der Waals surface area contributed by atoms with Crippen molar-refractivity contribution in [1.82, 2.24) is 4.13 Å². The van der Waals surface area contributed by atoms with Crippen LogP contribution in [0.2, 0.25) is 0 Å². The van der Waals surface area contributed by atoms with E-state index >= 15 is 0 Å². The fourth-order valence-electron chi connectivity index (χ4n) is 0.239. The van der Waals surface area contributed by atoms with Crippen molar-refractivity contribution < 1.29 is 43.2 Å². The Hall–Kier alpha value is -0.0800. The molecular weight excluding hydrogens is 360 g/mol. The quantitative estimate of drug-likeness (QED) is 0.739. The van der Waals surface area contributed by atoms with Gasteiger partial charge in [-0.05, 0) is 0 Å². The number of nitrogens with one attached hydrogen (secondary N) is 1. The Morgan fingerprint density at radius 3 is 1.00 bits per heavy atom. The molecule has 0 aromatic rings. The molecule has 0 aromatic heterocycles. The van der Waals surface area contributed by atoms with E-state index in [-0.39, 0.29) is 17.0 Å². The first kappa shape index (κ1) is 18.3. The Balaban J connectivity index is 0. The maximum Gasteiger partial charge on any atom is 0.512 e. The van der Waals surface area contributed by atoms with Gasteiger partial charge in [-0.1, -0.05) is 4.13 Å². The molecule has 5 nitrogen and oxygen atoms in total. The van der Waals surface area contributed by atoms with Crippen molar-refractivity contribution in [1.29, 1.82) is 0 Å². The van der Waals surface area contributed by atoms with Crippen LogP contribution in [0.25, 0.3) is 0 Å². The average molecular weight is 362 g/mol. The van der Waals surface area contributed by atoms with E-state index in [0.717, 1.165) is 0 Å². The predicted molar refractivity (Wildman–Crippen MR) is 43.4 cm³/mol. The molecule has 0 fully saturated rings. The van der Waals surface area contributed by atoms with Crippen molar-refractivity contribution in [3.05, 3.63) is 0 Å². The second kappa shape index (κ2) is 4.66. The van der Waals surface area contributed by atoms with E-state index < -0.39 is 35.2 Å². The van der Waals surface area contributed by atoms with Crippen molar-refractivity contribution >= 4 is 37.0 Å². The SMILES string of the molecule is Br.O=S(=O)(NS(=O)(=O)C(F)(F)F)C(F)(F)F. The van der Waals surface area contributed by atoms with Gasteiger partial charge in [0.2, 0.25) is 0 Å². The van der Waals surface area contributed by atoms with Crippen LogP contribution in [-0.4, -0.2) is 27.9 Å². The van der Waals surface area contributed by atoms with Gasteiger partial charge in [-0.15, -0.1) is 17.0 Å². The highest BCUT2D eigenvalue weighted by Crippen LogP contribution is 2.27. The molecule has 0 saturated carbocycles. The normalized spacial score (nSPS) is 14.4. The smallest absolute Gasteiger partial charge is 0.202 e. The van der Waals surface area contributed by atoms with Gasteiger partial charge in [0.25, 0.3) is 0 Å². The van der Waals surface area contributed by atoms with Gasteiger partial charge in [0.05, 0.1) is 0 Å². The highest BCUT2D eigenvalue weighted by molar-refractivity contribution is 8.93. The molecule has 0 amide bonds. The van der Waals surface area contributed by atoms with E-state index in [1.165, 1.54) is 0 Å². The van der Waals surface area contributed by atoms with Crippen LogP contribution in [0.3, 0.4) is 0 Å². The first-order chi connectivity index (χ1) is 6.21. The lowest BCUT2D eigenvalue weighted by molar-refractivity contribution is -0.0476. The van der Waals surface area contributed by atoms with Crippen molar-refractivity contribution in [2.45, 2.75) is 11.0 Å². The lowest BCUT2D eigenvalue weighted by Gasteiger charge is -2.11. The highest BCUT2D eigenvalue weighted by atomic mass is 79.9. The number of hydrogen-bond donors (Lipinski definition) is 1. The van der Waals surface area contributed by atoms with Crippen LogP contribution >= 0.6 is 17.0 Å². The molecule has 16 heavy (non-hydrogen) atoms. The minimum Gasteiger partial charge on any atom is -0.202 e. The third-order valence-electron chi connectivity index (χ3n) is 0.829. The fraction of sp³-hybridized carbons (Fsp3) is 1.00. The van der Waals surface area contributed by atoms with Crippen molar-refractivity contribution in [2.75, 3.05) is 0 Å². The zero-order chi connectivity index (χ0) is 12.7. The lowest BCUT2D eigenvalue weighted by atomic mass is 11.6. The van der Waals surface area contributed by atoms with Crippen LogP contribution in [0.5, 0.6) is 0 Å². The number of hydrogen-bond acceptors (Lipinski definition) is 4. The molecule has 0 spiro atoms. The summed E-state index contributed by atoms with van der Waals surface area (Å²) < 4.78 is 108. The third-order valence-corrected chi connectivity index (χ3v) is 3.80. The van der Waals surface area contributed by atoms with Gasteiger partial charge in [-0.2, -0.15) is 26.3 Å². The van der Waals surface area contributed by atoms with Crippen LogP contribution in [0, 0.1) is 0 Å². The number of rotatable bonds is 2. The molecule has 0 aliphatic rings. The largest absolute Gasteiger partial charge is 0.512 e. The standard InChI is InChI=1S/C2HF6NO4S2.BrH/c3-1(4,5)14(10,11)9-15(12,13)2(6,7)8;/h9H;1H. The van der Waals surface area contributed by atoms with Crippen LogP contribution in [0.1, 0.15) is 0 Å². The van der Waals surface area contributed by atoms with Crippen LogP contribution < -0.4 is 4.13 Å².